The van der Waals surface area contributed by atoms with Gasteiger partial charge in [-0.05, 0) is 20.5 Å². The highest BCUT2D eigenvalue weighted by molar-refractivity contribution is 5.78. The summed E-state index contributed by atoms with van der Waals surface area (Å²) in [5, 5.41) is 0. The molecule has 1 aliphatic heterocycles. The topological polar surface area (TPSA) is 23.6 Å². The molecule has 1 rings (SSSR count). The van der Waals surface area contributed by atoms with E-state index in [0.29, 0.717) is 11.9 Å². The van der Waals surface area contributed by atoms with E-state index in [4.69, 9.17) is 0 Å². The summed E-state index contributed by atoms with van der Waals surface area (Å²) < 4.78 is 0. The Kier molecular flexibility index (Phi) is 6.57. The summed E-state index contributed by atoms with van der Waals surface area (Å²) in [6.45, 7) is 9.76. The summed E-state index contributed by atoms with van der Waals surface area (Å²) in [7, 11) is 4.15. The van der Waals surface area contributed by atoms with Gasteiger partial charge in [0, 0.05) is 25.0 Å². The molecule has 90 valence electrons. The molecule has 1 saturated heterocycles. The first-order valence-corrected chi connectivity index (χ1v) is 5.97. The molecule has 0 saturated carbocycles. The second-order valence-corrected chi connectivity index (χ2v) is 4.35. The largest absolute Gasteiger partial charge is 0.341 e. The second kappa shape index (κ2) is 6.83. The van der Waals surface area contributed by atoms with Crippen molar-refractivity contribution >= 4 is 5.91 Å². The van der Waals surface area contributed by atoms with Crippen molar-refractivity contribution in [2.45, 2.75) is 40.2 Å². The molecular formula is C12H26N2O. The Morgan fingerprint density at radius 1 is 1.33 bits per heavy atom. The Morgan fingerprint density at radius 2 is 1.87 bits per heavy atom. The van der Waals surface area contributed by atoms with Crippen molar-refractivity contribution in [2.24, 2.45) is 5.92 Å². The van der Waals surface area contributed by atoms with Gasteiger partial charge >= 0.3 is 0 Å². The molecule has 0 spiro atoms. The van der Waals surface area contributed by atoms with E-state index < -0.39 is 0 Å². The average Bonchev–Trinajstić information content (AvgIpc) is 2.68. The number of nitrogens with zero attached hydrogens (tertiary/aromatic N) is 2. The van der Waals surface area contributed by atoms with E-state index in [2.05, 4.69) is 19.0 Å². The number of hydrogen-bond acceptors (Lipinski definition) is 2. The van der Waals surface area contributed by atoms with Gasteiger partial charge < -0.3 is 9.80 Å². The van der Waals surface area contributed by atoms with Crippen LogP contribution in [0.2, 0.25) is 0 Å². The van der Waals surface area contributed by atoms with Crippen LogP contribution < -0.4 is 0 Å². The molecule has 0 N–H and O–H groups in total. The lowest BCUT2D eigenvalue weighted by Gasteiger charge is -2.21. The highest BCUT2D eigenvalue weighted by Crippen LogP contribution is 2.15. The normalized spacial score (nSPS) is 20.5. The molecule has 15 heavy (non-hydrogen) atoms. The van der Waals surface area contributed by atoms with Crippen LogP contribution in [-0.4, -0.2) is 48.9 Å². The Bertz CT molecular complexity index is 190. The minimum absolute atomic E-state index is 0.140. The third-order valence-corrected chi connectivity index (χ3v) is 2.70. The lowest BCUT2D eigenvalue weighted by Crippen LogP contribution is -2.36. The minimum Gasteiger partial charge on any atom is -0.341 e. The Balaban J connectivity index is 0.000000921. The van der Waals surface area contributed by atoms with Crippen LogP contribution in [0, 0.1) is 5.92 Å². The predicted molar refractivity (Wildman–Crippen MR) is 64.9 cm³/mol. The quantitative estimate of drug-likeness (QED) is 0.700. The number of likely N-dealkylation sites (N-methyl/N-ethyl adjacent to an activating group) is 1. The maximum Gasteiger partial charge on any atom is 0.225 e. The monoisotopic (exact) mass is 214 g/mol. The summed E-state index contributed by atoms with van der Waals surface area (Å²) in [5.74, 6) is 0.435. The molecule has 0 radical (unpaired) electrons. The van der Waals surface area contributed by atoms with E-state index in [9.17, 15) is 4.79 Å². The third-order valence-electron chi connectivity index (χ3n) is 2.70. The predicted octanol–water partition coefficient (Wildman–Crippen LogP) is 1.83. The first kappa shape index (κ1) is 14.4. The molecule has 0 aromatic rings. The lowest BCUT2D eigenvalue weighted by molar-refractivity contribution is -0.133. The van der Waals surface area contributed by atoms with Gasteiger partial charge in [-0.15, -0.1) is 0 Å². The number of carbonyl (C=O) groups is 1. The van der Waals surface area contributed by atoms with Crippen LogP contribution in [-0.2, 0) is 4.79 Å². The molecule has 0 bridgehead atoms. The average molecular weight is 214 g/mol. The van der Waals surface area contributed by atoms with Crippen LogP contribution in [0.15, 0.2) is 0 Å². The SMILES string of the molecule is CC.CC(C)C(=O)N1CCC(N(C)C)C1. The summed E-state index contributed by atoms with van der Waals surface area (Å²) in [5.41, 5.74) is 0. The molecule has 0 aromatic carbocycles. The fourth-order valence-electron chi connectivity index (χ4n) is 1.73. The van der Waals surface area contributed by atoms with Crippen molar-refractivity contribution in [1.29, 1.82) is 0 Å². The van der Waals surface area contributed by atoms with E-state index in [1.54, 1.807) is 0 Å². The maximum atomic E-state index is 11.6. The van der Waals surface area contributed by atoms with Crippen LogP contribution in [0.4, 0.5) is 0 Å². The van der Waals surface area contributed by atoms with Crippen LogP contribution in [0.3, 0.4) is 0 Å². The number of carbonyl (C=O) groups excluding carboxylic acids is 1. The molecule has 1 heterocycles. The van der Waals surface area contributed by atoms with Crippen LogP contribution >= 0.6 is 0 Å². The van der Waals surface area contributed by atoms with Crippen molar-refractivity contribution in [1.82, 2.24) is 9.80 Å². The zero-order chi connectivity index (χ0) is 12.0. The molecule has 1 aliphatic rings. The van der Waals surface area contributed by atoms with Gasteiger partial charge in [-0.25, -0.2) is 0 Å². The maximum absolute atomic E-state index is 11.6. The van der Waals surface area contributed by atoms with Crippen molar-refractivity contribution in [3.05, 3.63) is 0 Å². The fraction of sp³-hybridized carbons (Fsp3) is 0.917. The molecule has 3 nitrogen and oxygen atoms in total. The molecular weight excluding hydrogens is 188 g/mol. The first-order chi connectivity index (χ1) is 7.02. The van der Waals surface area contributed by atoms with Crippen molar-refractivity contribution < 1.29 is 4.79 Å². The molecule has 1 atom stereocenters. The molecule has 1 unspecified atom stereocenters. The van der Waals surface area contributed by atoms with E-state index in [1.807, 2.05) is 32.6 Å². The van der Waals surface area contributed by atoms with E-state index >= 15 is 0 Å². The van der Waals surface area contributed by atoms with Gasteiger partial charge in [-0.3, -0.25) is 4.79 Å². The van der Waals surface area contributed by atoms with Gasteiger partial charge in [0.05, 0.1) is 0 Å². The highest BCUT2D eigenvalue weighted by atomic mass is 16.2. The second-order valence-electron chi connectivity index (χ2n) is 4.35. The van der Waals surface area contributed by atoms with Gasteiger partial charge in [0.1, 0.15) is 0 Å². The number of rotatable bonds is 2. The van der Waals surface area contributed by atoms with Crippen LogP contribution in [0.25, 0.3) is 0 Å². The van der Waals surface area contributed by atoms with Crippen LogP contribution in [0.1, 0.15) is 34.1 Å². The summed E-state index contributed by atoms with van der Waals surface area (Å²) >= 11 is 0. The first-order valence-electron chi connectivity index (χ1n) is 5.97. The third kappa shape index (κ3) is 4.20. The molecule has 3 heteroatoms. The van der Waals surface area contributed by atoms with Crippen molar-refractivity contribution in [2.75, 3.05) is 27.2 Å². The van der Waals surface area contributed by atoms with Gasteiger partial charge in [0.25, 0.3) is 0 Å². The minimum atomic E-state index is 0.140. The van der Waals surface area contributed by atoms with Gasteiger partial charge in [-0.2, -0.15) is 0 Å². The molecule has 0 aromatic heterocycles. The molecule has 0 aliphatic carbocycles. The van der Waals surface area contributed by atoms with Gasteiger partial charge in [0.2, 0.25) is 5.91 Å². The molecule has 1 amide bonds. The van der Waals surface area contributed by atoms with Crippen LogP contribution in [0.5, 0.6) is 0 Å². The molecule has 1 fully saturated rings. The van der Waals surface area contributed by atoms with E-state index in [1.165, 1.54) is 0 Å². The standard InChI is InChI=1S/C10H20N2O.C2H6/c1-8(2)10(13)12-6-5-9(7-12)11(3)4;1-2/h8-9H,5-7H2,1-4H3;1-2H3. The van der Waals surface area contributed by atoms with Crippen molar-refractivity contribution in [3.63, 3.8) is 0 Å². The van der Waals surface area contributed by atoms with Gasteiger partial charge in [-0.1, -0.05) is 27.7 Å². The zero-order valence-electron chi connectivity index (χ0n) is 11.1. The number of amides is 1. The highest BCUT2D eigenvalue weighted by Gasteiger charge is 2.28. The summed E-state index contributed by atoms with van der Waals surface area (Å²) in [6.07, 6.45) is 1.12. The van der Waals surface area contributed by atoms with E-state index in [0.717, 1.165) is 19.5 Å². The van der Waals surface area contributed by atoms with Crippen molar-refractivity contribution in [3.8, 4) is 0 Å². The summed E-state index contributed by atoms with van der Waals surface area (Å²) in [6, 6.07) is 0.558. The fourth-order valence-corrected chi connectivity index (χ4v) is 1.73. The lowest BCUT2D eigenvalue weighted by atomic mass is 10.2. The zero-order valence-corrected chi connectivity index (χ0v) is 11.1. The Labute approximate surface area is 94.4 Å². The smallest absolute Gasteiger partial charge is 0.225 e. The number of likely N-dealkylation sites (tertiary alicyclic amines) is 1. The summed E-state index contributed by atoms with van der Waals surface area (Å²) in [4.78, 5) is 15.8. The number of hydrogen-bond donors (Lipinski definition) is 0. The Hall–Kier alpha value is -0.570. The Morgan fingerprint density at radius 3 is 2.20 bits per heavy atom. The van der Waals surface area contributed by atoms with E-state index in [-0.39, 0.29) is 5.92 Å². The van der Waals surface area contributed by atoms with Gasteiger partial charge in [0.15, 0.2) is 0 Å².